The van der Waals surface area contributed by atoms with Crippen molar-refractivity contribution in [1.29, 1.82) is 0 Å². The van der Waals surface area contributed by atoms with E-state index >= 15 is 0 Å². The number of nitrogens with zero attached hydrogens (tertiary/aromatic N) is 1. The number of para-hydroxylation sites is 1. The van der Waals surface area contributed by atoms with Crippen LogP contribution in [0, 0.1) is 0 Å². The Balaban J connectivity index is 1.42. The van der Waals surface area contributed by atoms with Gasteiger partial charge < -0.3 is 20.3 Å². The van der Waals surface area contributed by atoms with E-state index in [2.05, 4.69) is 44.8 Å². The lowest BCUT2D eigenvalue weighted by Crippen LogP contribution is -2.53. The van der Waals surface area contributed by atoms with Crippen molar-refractivity contribution >= 4 is 44.2 Å². The Morgan fingerprint density at radius 1 is 1.05 bits per heavy atom. The summed E-state index contributed by atoms with van der Waals surface area (Å²) in [4.78, 5) is 29.4. The number of methoxy groups -OCH3 is 1. The van der Waals surface area contributed by atoms with Gasteiger partial charge in [-0.05, 0) is 65.4 Å². The minimum Gasteiger partial charge on any atom is -0.496 e. The number of ether oxygens (including phenoxy) is 1. The van der Waals surface area contributed by atoms with E-state index in [1.807, 2.05) is 78.6 Å². The van der Waals surface area contributed by atoms with Crippen LogP contribution in [0.15, 0.2) is 89.4 Å². The Labute approximate surface area is 243 Å². The summed E-state index contributed by atoms with van der Waals surface area (Å²) in [5, 5.41) is 8.52. The predicted octanol–water partition coefficient (Wildman–Crippen LogP) is 6.14. The molecule has 1 aliphatic rings. The molecular weight excluding hydrogens is 566 g/mol. The van der Waals surface area contributed by atoms with Gasteiger partial charge in [0.2, 0.25) is 11.8 Å². The maximum absolute atomic E-state index is 14.2. The molecule has 0 radical (unpaired) electrons. The van der Waals surface area contributed by atoms with Gasteiger partial charge in [-0.2, -0.15) is 0 Å². The minimum atomic E-state index is -0.636. The number of fused-ring (bicyclic) bond motifs is 2. The fraction of sp³-hybridized carbons (Fsp3) is 0.273. The summed E-state index contributed by atoms with van der Waals surface area (Å²) >= 11 is 3.56. The zero-order chi connectivity index (χ0) is 28.1. The van der Waals surface area contributed by atoms with E-state index in [-0.39, 0.29) is 11.8 Å². The van der Waals surface area contributed by atoms with E-state index in [0.29, 0.717) is 32.4 Å². The molecule has 2 N–H and O–H groups in total. The molecule has 2 atom stereocenters. The first-order valence-electron chi connectivity index (χ1n) is 13.7. The first-order valence-corrected chi connectivity index (χ1v) is 14.5. The van der Waals surface area contributed by atoms with E-state index < -0.39 is 12.1 Å². The van der Waals surface area contributed by atoms with Crippen LogP contribution in [0.1, 0.15) is 36.5 Å². The van der Waals surface area contributed by atoms with E-state index in [1.54, 1.807) is 7.11 Å². The third kappa shape index (κ3) is 6.06. The molecule has 4 aromatic carbocycles. The zero-order valence-corrected chi connectivity index (χ0v) is 24.4. The molecule has 0 bridgehead atoms. The average Bonchev–Trinajstić information content (AvgIpc) is 3.10. The first-order chi connectivity index (χ1) is 19.5. The Morgan fingerprint density at radius 3 is 2.60 bits per heavy atom. The van der Waals surface area contributed by atoms with Crippen molar-refractivity contribution in [2.45, 2.75) is 51.4 Å². The van der Waals surface area contributed by atoms with Crippen molar-refractivity contribution in [1.82, 2.24) is 10.6 Å². The fourth-order valence-electron chi connectivity index (χ4n) is 5.40. The van der Waals surface area contributed by atoms with Crippen LogP contribution >= 0.6 is 15.9 Å². The molecule has 5 rings (SSSR count). The van der Waals surface area contributed by atoms with E-state index in [9.17, 15) is 9.59 Å². The fourth-order valence-corrected chi connectivity index (χ4v) is 5.78. The SMILES string of the molecule is CC[C@H](NCc1ccccc1)C(=O)N[C@H]1CCc2ccccc2N(Cc2c(OC)ccc3cc(Br)ccc23)C1=O. The van der Waals surface area contributed by atoms with Gasteiger partial charge >= 0.3 is 0 Å². The highest BCUT2D eigenvalue weighted by molar-refractivity contribution is 9.10. The van der Waals surface area contributed by atoms with Crippen LogP contribution in [-0.4, -0.2) is 31.0 Å². The van der Waals surface area contributed by atoms with Gasteiger partial charge in [0.1, 0.15) is 11.8 Å². The van der Waals surface area contributed by atoms with Crippen LogP contribution in [0.2, 0.25) is 0 Å². The highest BCUT2D eigenvalue weighted by atomic mass is 79.9. The highest BCUT2D eigenvalue weighted by Gasteiger charge is 2.33. The Hall–Kier alpha value is -3.68. The number of hydrogen-bond acceptors (Lipinski definition) is 4. The summed E-state index contributed by atoms with van der Waals surface area (Å²) in [6, 6.07) is 27.1. The number of carbonyl (C=O) groups excluding carboxylic acids is 2. The van der Waals surface area contributed by atoms with Crippen LogP contribution in [0.5, 0.6) is 5.75 Å². The minimum absolute atomic E-state index is 0.118. The Morgan fingerprint density at radius 2 is 1.82 bits per heavy atom. The van der Waals surface area contributed by atoms with Crippen LogP contribution < -0.4 is 20.3 Å². The van der Waals surface area contributed by atoms with E-state index in [4.69, 9.17) is 4.74 Å². The largest absolute Gasteiger partial charge is 0.496 e. The van der Waals surface area contributed by atoms with Gasteiger partial charge in [0.25, 0.3) is 0 Å². The molecule has 4 aromatic rings. The van der Waals surface area contributed by atoms with Crippen molar-refractivity contribution in [2.24, 2.45) is 0 Å². The molecule has 0 aromatic heterocycles. The van der Waals surface area contributed by atoms with Crippen molar-refractivity contribution in [3.63, 3.8) is 0 Å². The molecule has 1 heterocycles. The van der Waals surface area contributed by atoms with Crippen molar-refractivity contribution in [3.05, 3.63) is 106 Å². The van der Waals surface area contributed by atoms with Crippen LogP contribution in [0.4, 0.5) is 5.69 Å². The lowest BCUT2D eigenvalue weighted by Gasteiger charge is -2.28. The van der Waals surface area contributed by atoms with Crippen molar-refractivity contribution < 1.29 is 14.3 Å². The molecule has 2 amide bonds. The molecule has 0 spiro atoms. The normalized spacial score (nSPS) is 15.8. The van der Waals surface area contributed by atoms with Gasteiger partial charge in [-0.3, -0.25) is 9.59 Å². The lowest BCUT2D eigenvalue weighted by molar-refractivity contribution is -0.129. The number of hydrogen-bond donors (Lipinski definition) is 2. The summed E-state index contributed by atoms with van der Waals surface area (Å²) in [6.45, 7) is 2.89. The van der Waals surface area contributed by atoms with Crippen LogP contribution in [0.25, 0.3) is 10.8 Å². The first kappa shape index (κ1) is 27.9. The molecule has 0 saturated carbocycles. The number of aryl methyl sites for hydroxylation is 1. The second kappa shape index (κ2) is 12.7. The van der Waals surface area contributed by atoms with Crippen LogP contribution in [-0.2, 0) is 29.1 Å². The third-order valence-corrected chi connectivity index (χ3v) is 8.07. The van der Waals surface area contributed by atoms with Crippen molar-refractivity contribution in [3.8, 4) is 5.75 Å². The topological polar surface area (TPSA) is 70.7 Å². The summed E-state index contributed by atoms with van der Waals surface area (Å²) < 4.78 is 6.74. The molecule has 0 fully saturated rings. The molecule has 40 heavy (non-hydrogen) atoms. The average molecular weight is 601 g/mol. The van der Waals surface area contributed by atoms with Crippen LogP contribution in [0.3, 0.4) is 0 Å². The lowest BCUT2D eigenvalue weighted by atomic mass is 10.0. The quantitative estimate of drug-likeness (QED) is 0.242. The predicted molar refractivity (Wildman–Crippen MR) is 163 cm³/mol. The number of amides is 2. The third-order valence-electron chi connectivity index (χ3n) is 7.57. The second-order valence-corrected chi connectivity index (χ2v) is 11.0. The maximum atomic E-state index is 14.2. The molecule has 0 aliphatic carbocycles. The molecule has 0 unspecified atom stereocenters. The maximum Gasteiger partial charge on any atom is 0.249 e. The number of halogens is 1. The molecule has 0 saturated heterocycles. The summed E-state index contributed by atoms with van der Waals surface area (Å²) in [5.41, 5.74) is 3.99. The van der Waals surface area contributed by atoms with Gasteiger partial charge in [0.15, 0.2) is 0 Å². The van der Waals surface area contributed by atoms with Gasteiger partial charge in [-0.1, -0.05) is 83.5 Å². The van der Waals surface area contributed by atoms with Gasteiger partial charge in [-0.15, -0.1) is 0 Å². The zero-order valence-electron chi connectivity index (χ0n) is 22.8. The van der Waals surface area contributed by atoms with E-state index in [1.165, 1.54) is 0 Å². The summed E-state index contributed by atoms with van der Waals surface area (Å²) in [6.07, 6.45) is 1.84. The molecular formula is C33H34BrN3O3. The summed E-state index contributed by atoms with van der Waals surface area (Å²) in [5.74, 6) is 0.448. The standard InChI is InChI=1S/C33H34BrN3O3/c1-3-28(35-20-22-9-5-4-6-10-22)32(38)36-29-17-13-23-11-7-8-12-30(23)37(33(29)39)21-27-26-16-15-25(34)19-24(26)14-18-31(27)40-2/h4-12,14-16,18-19,28-29,35H,3,13,17,20-21H2,1-2H3,(H,36,38)/t28-,29-/m0/s1. The number of anilines is 1. The smallest absolute Gasteiger partial charge is 0.249 e. The monoisotopic (exact) mass is 599 g/mol. The van der Waals surface area contributed by atoms with Crippen molar-refractivity contribution in [2.75, 3.05) is 12.0 Å². The molecule has 1 aliphatic heterocycles. The summed E-state index contributed by atoms with van der Waals surface area (Å²) in [7, 11) is 1.65. The molecule has 7 heteroatoms. The number of rotatable bonds is 9. The number of carbonyl (C=O) groups is 2. The molecule has 206 valence electrons. The Bertz CT molecular complexity index is 1510. The second-order valence-electron chi connectivity index (χ2n) is 10.1. The number of benzene rings is 4. The van der Waals surface area contributed by atoms with Gasteiger partial charge in [0.05, 0.1) is 19.7 Å². The van der Waals surface area contributed by atoms with Gasteiger partial charge in [0, 0.05) is 22.3 Å². The molecule has 6 nitrogen and oxygen atoms in total. The van der Waals surface area contributed by atoms with E-state index in [0.717, 1.165) is 43.4 Å². The number of nitrogens with one attached hydrogen (secondary N) is 2. The Kier molecular flexibility index (Phi) is 8.82. The van der Waals surface area contributed by atoms with Gasteiger partial charge in [-0.25, -0.2) is 0 Å². The highest BCUT2D eigenvalue weighted by Crippen LogP contribution is 2.35.